The number of hydrogen-bond acceptors (Lipinski definition) is 2. The third kappa shape index (κ3) is 4.89. The van der Waals surface area contributed by atoms with Gasteiger partial charge in [0.2, 0.25) is 0 Å². The largest absolute Gasteiger partial charge is 0.385 e. The Kier molecular flexibility index (Phi) is 5.53. The van der Waals surface area contributed by atoms with Crippen LogP contribution in [0.5, 0.6) is 0 Å². The van der Waals surface area contributed by atoms with Crippen molar-refractivity contribution >= 4 is 11.6 Å². The maximum Gasteiger partial charge on any atom is 0.251 e. The topological polar surface area (TPSA) is 41.1 Å². The molecule has 0 unspecified atom stereocenters. The van der Waals surface area contributed by atoms with Crippen LogP contribution < -0.4 is 10.6 Å². The van der Waals surface area contributed by atoms with E-state index >= 15 is 0 Å². The fraction of sp³-hybridized carbons (Fsp3) is 0.500. The summed E-state index contributed by atoms with van der Waals surface area (Å²) in [7, 11) is 0. The van der Waals surface area contributed by atoms with Crippen LogP contribution in [0, 0.1) is 5.92 Å². The van der Waals surface area contributed by atoms with Gasteiger partial charge in [-0.1, -0.05) is 19.9 Å². The van der Waals surface area contributed by atoms with Crippen molar-refractivity contribution in [1.82, 2.24) is 5.32 Å². The van der Waals surface area contributed by atoms with Gasteiger partial charge in [-0.15, -0.1) is 0 Å². The summed E-state index contributed by atoms with van der Waals surface area (Å²) in [5.74, 6) is 0.675. The molecule has 3 heteroatoms. The van der Waals surface area contributed by atoms with E-state index in [1.807, 2.05) is 31.2 Å². The number of carbonyl (C=O) groups is 1. The van der Waals surface area contributed by atoms with Gasteiger partial charge in [-0.3, -0.25) is 4.79 Å². The Hall–Kier alpha value is -1.51. The number of rotatable bonds is 6. The second kappa shape index (κ2) is 6.94. The highest BCUT2D eigenvalue weighted by Gasteiger charge is 2.04. The molecule has 0 saturated carbocycles. The first kappa shape index (κ1) is 13.6. The smallest absolute Gasteiger partial charge is 0.251 e. The van der Waals surface area contributed by atoms with Crippen molar-refractivity contribution < 1.29 is 4.79 Å². The SMILES string of the molecule is CCNC(=O)c1cccc(NCCC(C)C)c1. The molecule has 1 aromatic rings. The second-order valence-corrected chi connectivity index (χ2v) is 4.55. The average molecular weight is 234 g/mol. The van der Waals surface area contributed by atoms with E-state index in [-0.39, 0.29) is 5.91 Å². The maximum atomic E-state index is 11.6. The van der Waals surface area contributed by atoms with Crippen LogP contribution in [0.1, 0.15) is 37.6 Å². The van der Waals surface area contributed by atoms with E-state index in [9.17, 15) is 4.79 Å². The first-order valence-electron chi connectivity index (χ1n) is 6.25. The van der Waals surface area contributed by atoms with E-state index in [0.717, 1.165) is 18.7 Å². The van der Waals surface area contributed by atoms with Crippen LogP contribution >= 0.6 is 0 Å². The van der Waals surface area contributed by atoms with Gasteiger partial charge in [0, 0.05) is 24.3 Å². The van der Waals surface area contributed by atoms with Crippen molar-refractivity contribution in [3.8, 4) is 0 Å². The Morgan fingerprint density at radius 1 is 1.35 bits per heavy atom. The molecule has 0 bridgehead atoms. The minimum absolute atomic E-state index is 0.0139. The second-order valence-electron chi connectivity index (χ2n) is 4.55. The Balaban J connectivity index is 2.56. The molecule has 3 nitrogen and oxygen atoms in total. The molecule has 0 spiro atoms. The molecule has 94 valence electrons. The van der Waals surface area contributed by atoms with Crippen LogP contribution in [0.15, 0.2) is 24.3 Å². The molecule has 0 aromatic heterocycles. The molecule has 0 aliphatic heterocycles. The van der Waals surface area contributed by atoms with Crippen LogP contribution in [-0.4, -0.2) is 19.0 Å². The number of anilines is 1. The third-order valence-corrected chi connectivity index (χ3v) is 2.51. The van der Waals surface area contributed by atoms with Crippen molar-refractivity contribution in [1.29, 1.82) is 0 Å². The van der Waals surface area contributed by atoms with Gasteiger partial charge in [0.15, 0.2) is 0 Å². The van der Waals surface area contributed by atoms with Gasteiger partial charge in [0.25, 0.3) is 5.91 Å². The van der Waals surface area contributed by atoms with E-state index in [2.05, 4.69) is 24.5 Å². The maximum absolute atomic E-state index is 11.6. The Bertz CT molecular complexity index is 361. The quantitative estimate of drug-likeness (QED) is 0.794. The number of carbonyl (C=O) groups excluding carboxylic acids is 1. The van der Waals surface area contributed by atoms with Crippen molar-refractivity contribution in [3.63, 3.8) is 0 Å². The molecular formula is C14H22N2O. The summed E-state index contributed by atoms with van der Waals surface area (Å²) in [6, 6.07) is 7.62. The van der Waals surface area contributed by atoms with Crippen LogP contribution in [-0.2, 0) is 0 Å². The molecule has 0 saturated heterocycles. The predicted octanol–water partition coefficient (Wildman–Crippen LogP) is 2.89. The summed E-state index contributed by atoms with van der Waals surface area (Å²) in [5.41, 5.74) is 1.72. The summed E-state index contributed by atoms with van der Waals surface area (Å²) < 4.78 is 0. The first-order valence-corrected chi connectivity index (χ1v) is 6.25. The summed E-state index contributed by atoms with van der Waals surface area (Å²) >= 11 is 0. The van der Waals surface area contributed by atoms with E-state index in [4.69, 9.17) is 0 Å². The van der Waals surface area contributed by atoms with Crippen LogP contribution in [0.25, 0.3) is 0 Å². The lowest BCUT2D eigenvalue weighted by atomic mass is 10.1. The highest BCUT2D eigenvalue weighted by Crippen LogP contribution is 2.11. The zero-order valence-electron chi connectivity index (χ0n) is 10.9. The Morgan fingerprint density at radius 2 is 2.12 bits per heavy atom. The van der Waals surface area contributed by atoms with Crippen LogP contribution in [0.2, 0.25) is 0 Å². The van der Waals surface area contributed by atoms with E-state index < -0.39 is 0 Å². The lowest BCUT2D eigenvalue weighted by Gasteiger charge is -2.09. The lowest BCUT2D eigenvalue weighted by molar-refractivity contribution is 0.0956. The van der Waals surface area contributed by atoms with Gasteiger partial charge in [-0.2, -0.15) is 0 Å². The van der Waals surface area contributed by atoms with Crippen LogP contribution in [0.3, 0.4) is 0 Å². The average Bonchev–Trinajstić information content (AvgIpc) is 2.29. The normalized spacial score (nSPS) is 10.4. The molecule has 0 fully saturated rings. The lowest BCUT2D eigenvalue weighted by Crippen LogP contribution is -2.22. The van der Waals surface area contributed by atoms with Crippen molar-refractivity contribution in [2.75, 3.05) is 18.4 Å². The highest BCUT2D eigenvalue weighted by molar-refractivity contribution is 5.95. The van der Waals surface area contributed by atoms with Crippen molar-refractivity contribution in [2.45, 2.75) is 27.2 Å². The standard InChI is InChI=1S/C14H22N2O/c1-4-15-14(17)12-6-5-7-13(10-12)16-9-8-11(2)3/h5-7,10-11,16H,4,8-9H2,1-3H3,(H,15,17). The molecule has 0 heterocycles. The fourth-order valence-electron chi connectivity index (χ4n) is 1.54. The molecule has 0 radical (unpaired) electrons. The van der Waals surface area contributed by atoms with Gasteiger partial charge in [-0.25, -0.2) is 0 Å². The van der Waals surface area contributed by atoms with Gasteiger partial charge in [-0.05, 0) is 37.5 Å². The molecule has 0 aliphatic carbocycles. The number of amides is 1. The number of hydrogen-bond donors (Lipinski definition) is 2. The summed E-state index contributed by atoms with van der Waals surface area (Å²) in [5, 5.41) is 6.13. The minimum Gasteiger partial charge on any atom is -0.385 e. The minimum atomic E-state index is -0.0139. The van der Waals surface area contributed by atoms with E-state index in [1.54, 1.807) is 0 Å². The van der Waals surface area contributed by atoms with Crippen molar-refractivity contribution in [2.24, 2.45) is 5.92 Å². The number of nitrogens with one attached hydrogen (secondary N) is 2. The van der Waals surface area contributed by atoms with Gasteiger partial charge >= 0.3 is 0 Å². The summed E-state index contributed by atoms with van der Waals surface area (Å²) in [6.45, 7) is 7.92. The Labute approximate surface area is 104 Å². The van der Waals surface area contributed by atoms with E-state index in [0.29, 0.717) is 18.0 Å². The Morgan fingerprint density at radius 3 is 2.76 bits per heavy atom. The zero-order valence-corrected chi connectivity index (χ0v) is 10.9. The summed E-state index contributed by atoms with van der Waals surface area (Å²) in [6.07, 6.45) is 1.13. The van der Waals surface area contributed by atoms with Gasteiger partial charge < -0.3 is 10.6 Å². The van der Waals surface area contributed by atoms with Crippen LogP contribution in [0.4, 0.5) is 5.69 Å². The molecule has 2 N–H and O–H groups in total. The summed E-state index contributed by atoms with van der Waals surface area (Å²) in [4.78, 5) is 11.6. The monoisotopic (exact) mass is 234 g/mol. The van der Waals surface area contributed by atoms with Gasteiger partial charge in [0.1, 0.15) is 0 Å². The molecule has 1 rings (SSSR count). The first-order chi connectivity index (χ1) is 8.13. The molecule has 0 atom stereocenters. The molecule has 17 heavy (non-hydrogen) atoms. The molecule has 1 aromatic carbocycles. The number of benzene rings is 1. The zero-order chi connectivity index (χ0) is 12.7. The van der Waals surface area contributed by atoms with E-state index in [1.165, 1.54) is 0 Å². The third-order valence-electron chi connectivity index (χ3n) is 2.51. The van der Waals surface area contributed by atoms with Crippen molar-refractivity contribution in [3.05, 3.63) is 29.8 Å². The predicted molar refractivity (Wildman–Crippen MR) is 72.4 cm³/mol. The molecule has 1 amide bonds. The fourth-order valence-corrected chi connectivity index (χ4v) is 1.54. The molecule has 0 aliphatic rings. The van der Waals surface area contributed by atoms with Gasteiger partial charge in [0.05, 0.1) is 0 Å². The molecular weight excluding hydrogens is 212 g/mol. The highest BCUT2D eigenvalue weighted by atomic mass is 16.1.